The van der Waals surface area contributed by atoms with Gasteiger partial charge in [0.05, 0.1) is 12.3 Å². The Morgan fingerprint density at radius 3 is 1.74 bits per heavy atom. The molecule has 38 heavy (non-hydrogen) atoms. The quantitative estimate of drug-likeness (QED) is 0.280. The zero-order valence-electron chi connectivity index (χ0n) is 25.3. The third-order valence-electron chi connectivity index (χ3n) is 6.40. The molecule has 4 nitrogen and oxygen atoms in total. The van der Waals surface area contributed by atoms with Crippen LogP contribution in [0.1, 0.15) is 63.8 Å². The molecule has 3 rings (SSSR count). The van der Waals surface area contributed by atoms with Crippen molar-refractivity contribution in [3.05, 3.63) is 85.6 Å². The van der Waals surface area contributed by atoms with Crippen LogP contribution >= 0.6 is 0 Å². The smallest absolute Gasteiger partial charge is 0.507 e. The summed E-state index contributed by atoms with van der Waals surface area (Å²) in [7, 11) is 1.68. The third-order valence-corrected chi connectivity index (χ3v) is 6.40. The number of rotatable bonds is 6. The largest absolute Gasteiger partial charge is 2.00 e. The van der Waals surface area contributed by atoms with E-state index in [0.717, 1.165) is 44.8 Å². The van der Waals surface area contributed by atoms with E-state index in [2.05, 4.69) is 72.4 Å². The molecule has 0 saturated carbocycles. The van der Waals surface area contributed by atoms with Crippen LogP contribution < -0.4 is 4.90 Å². The fourth-order valence-corrected chi connectivity index (χ4v) is 4.58. The van der Waals surface area contributed by atoms with Gasteiger partial charge in [-0.15, -0.1) is 0 Å². The second-order valence-electron chi connectivity index (χ2n) is 11.6. The SMILES string of the molecule is COCCN(c1ccccc1-c1cc(C)cc(C(C)(C)C)c1O)c1cc(C)cc(C(C)(C)C)c1O.[CH3-].[CH3-].[Zr+2]. The third kappa shape index (κ3) is 7.73. The maximum atomic E-state index is 11.5. The second-order valence-corrected chi connectivity index (χ2v) is 11.6. The average molecular weight is 597 g/mol. The van der Waals surface area contributed by atoms with Crippen molar-refractivity contribution in [2.75, 3.05) is 25.2 Å². The Kier molecular flexibility index (Phi) is 13.0. The standard InChI is InChI=1S/C31H41NO3.2CH3.Zr/c1-20-16-23(28(33)24(17-20)30(3,4)5)22-12-10-11-13-26(22)32(14-15-35-9)27-19-21(2)18-25(29(27)34)31(6,7)8;;;/h10-13,16-19,33-34H,14-15H2,1-9H3;2*1H3;/q;2*-1;+2. The van der Waals surface area contributed by atoms with Crippen molar-refractivity contribution in [3.63, 3.8) is 0 Å². The molecule has 0 aromatic heterocycles. The zero-order valence-corrected chi connectivity index (χ0v) is 27.7. The number of hydrogen-bond donors (Lipinski definition) is 2. The number of ether oxygens (including phenoxy) is 1. The normalized spacial score (nSPS) is 11.2. The number of phenols is 2. The molecular weight excluding hydrogens is 550 g/mol. The van der Waals surface area contributed by atoms with Crippen LogP contribution in [0.5, 0.6) is 11.5 Å². The summed E-state index contributed by atoms with van der Waals surface area (Å²) in [5, 5.41) is 22.9. The van der Waals surface area contributed by atoms with Crippen LogP contribution in [0.3, 0.4) is 0 Å². The first-order valence-corrected chi connectivity index (χ1v) is 12.3. The summed E-state index contributed by atoms with van der Waals surface area (Å²) in [6.45, 7) is 17.8. The predicted octanol–water partition coefficient (Wildman–Crippen LogP) is 8.66. The Labute approximate surface area is 251 Å². The van der Waals surface area contributed by atoms with E-state index in [1.54, 1.807) is 7.11 Å². The molecule has 0 bridgehead atoms. The first kappa shape index (κ1) is 35.9. The molecule has 0 heterocycles. The van der Waals surface area contributed by atoms with Gasteiger partial charge in [-0.3, -0.25) is 0 Å². The average Bonchev–Trinajstić information content (AvgIpc) is 2.76. The molecular formula is C33H47NO3Zr. The molecule has 0 spiro atoms. The maximum absolute atomic E-state index is 11.5. The molecule has 0 radical (unpaired) electrons. The van der Waals surface area contributed by atoms with Gasteiger partial charge in [0.1, 0.15) is 11.5 Å². The number of anilines is 2. The van der Waals surface area contributed by atoms with Gasteiger partial charge in [0.15, 0.2) is 0 Å². The molecule has 0 aliphatic heterocycles. The molecule has 3 aromatic carbocycles. The van der Waals surface area contributed by atoms with Crippen molar-refractivity contribution in [2.45, 2.75) is 66.2 Å². The van der Waals surface area contributed by atoms with Gasteiger partial charge in [0.2, 0.25) is 0 Å². The van der Waals surface area contributed by atoms with Gasteiger partial charge in [-0.25, -0.2) is 0 Å². The van der Waals surface area contributed by atoms with Crippen molar-refractivity contribution in [3.8, 4) is 22.6 Å². The van der Waals surface area contributed by atoms with Gasteiger partial charge in [-0.05, 0) is 54.0 Å². The summed E-state index contributed by atoms with van der Waals surface area (Å²) in [4.78, 5) is 2.11. The topological polar surface area (TPSA) is 52.9 Å². The molecule has 3 aromatic rings. The minimum absolute atomic E-state index is 0. The summed E-state index contributed by atoms with van der Waals surface area (Å²) >= 11 is 0. The number of methoxy groups -OCH3 is 1. The summed E-state index contributed by atoms with van der Waals surface area (Å²) in [6, 6.07) is 16.2. The number of phenolic OH excluding ortho intramolecular Hbond substituents is 2. The molecule has 0 amide bonds. The van der Waals surface area contributed by atoms with Crippen molar-refractivity contribution < 1.29 is 41.2 Å². The molecule has 0 aliphatic carbocycles. The van der Waals surface area contributed by atoms with Crippen molar-refractivity contribution >= 4 is 11.4 Å². The van der Waals surface area contributed by atoms with Crippen LogP contribution in [0.4, 0.5) is 11.4 Å². The van der Waals surface area contributed by atoms with Gasteiger partial charge in [-0.1, -0.05) is 71.9 Å². The van der Waals surface area contributed by atoms with Crippen LogP contribution in [0.2, 0.25) is 0 Å². The van der Waals surface area contributed by atoms with E-state index in [4.69, 9.17) is 4.74 Å². The minimum Gasteiger partial charge on any atom is -0.507 e. The number of aromatic hydroxyl groups is 2. The summed E-state index contributed by atoms with van der Waals surface area (Å²) < 4.78 is 5.46. The van der Waals surface area contributed by atoms with Crippen LogP contribution in [0.25, 0.3) is 11.1 Å². The zero-order chi connectivity index (χ0) is 26.1. The van der Waals surface area contributed by atoms with E-state index in [1.165, 1.54) is 0 Å². The maximum Gasteiger partial charge on any atom is 2.00 e. The van der Waals surface area contributed by atoms with E-state index < -0.39 is 0 Å². The van der Waals surface area contributed by atoms with Gasteiger partial charge >= 0.3 is 26.2 Å². The number of aryl methyl sites for hydroxylation is 2. The monoisotopic (exact) mass is 595 g/mol. The Morgan fingerprint density at radius 1 is 0.711 bits per heavy atom. The van der Waals surface area contributed by atoms with E-state index in [0.29, 0.717) is 18.9 Å². The number of hydrogen-bond acceptors (Lipinski definition) is 4. The first-order valence-electron chi connectivity index (χ1n) is 12.3. The second kappa shape index (κ2) is 13.8. The molecule has 0 fully saturated rings. The van der Waals surface area contributed by atoms with E-state index >= 15 is 0 Å². The van der Waals surface area contributed by atoms with Crippen LogP contribution in [-0.4, -0.2) is 30.5 Å². The van der Waals surface area contributed by atoms with Crippen LogP contribution in [0.15, 0.2) is 48.5 Å². The number of para-hydroxylation sites is 1. The van der Waals surface area contributed by atoms with E-state index in [9.17, 15) is 10.2 Å². The summed E-state index contributed by atoms with van der Waals surface area (Å²) in [5.74, 6) is 0.573. The molecule has 0 saturated heterocycles. The summed E-state index contributed by atoms with van der Waals surface area (Å²) in [5.41, 5.74) is 6.92. The van der Waals surface area contributed by atoms with Crippen molar-refractivity contribution in [2.24, 2.45) is 0 Å². The fourth-order valence-electron chi connectivity index (χ4n) is 4.58. The number of nitrogens with zero attached hydrogens (tertiary/aromatic N) is 1. The van der Waals surface area contributed by atoms with E-state index in [-0.39, 0.29) is 57.6 Å². The van der Waals surface area contributed by atoms with Crippen molar-refractivity contribution in [1.29, 1.82) is 0 Å². The van der Waals surface area contributed by atoms with Crippen LogP contribution in [0, 0.1) is 28.7 Å². The Balaban J connectivity index is 0.00000456. The minimum atomic E-state index is -0.215. The molecule has 0 atom stereocenters. The molecule has 0 aliphatic rings. The van der Waals surface area contributed by atoms with E-state index in [1.807, 2.05) is 36.4 Å². The van der Waals surface area contributed by atoms with Gasteiger partial charge < -0.3 is 34.7 Å². The Hall–Kier alpha value is -2.10. The molecule has 5 heteroatoms. The number of benzene rings is 3. The molecule has 2 N–H and O–H groups in total. The predicted molar refractivity (Wildman–Crippen MR) is 160 cm³/mol. The Morgan fingerprint density at radius 2 is 1.21 bits per heavy atom. The Bertz CT molecular complexity index is 1210. The first-order chi connectivity index (χ1) is 16.3. The molecule has 206 valence electrons. The molecule has 0 unspecified atom stereocenters. The van der Waals surface area contributed by atoms with Gasteiger partial charge in [0, 0.05) is 41.6 Å². The van der Waals surface area contributed by atoms with Gasteiger partial charge in [0.25, 0.3) is 0 Å². The summed E-state index contributed by atoms with van der Waals surface area (Å²) in [6.07, 6.45) is 0. The van der Waals surface area contributed by atoms with Crippen molar-refractivity contribution in [1.82, 2.24) is 0 Å². The van der Waals surface area contributed by atoms with Crippen LogP contribution in [-0.2, 0) is 41.8 Å². The fraction of sp³-hybridized carbons (Fsp3) is 0.394. The van der Waals surface area contributed by atoms with Gasteiger partial charge in [-0.2, -0.15) is 0 Å².